The first-order valence-electron chi connectivity index (χ1n) is 10.5. The van der Waals surface area contributed by atoms with Crippen molar-refractivity contribution in [3.05, 3.63) is 11.9 Å². The zero-order valence-electron chi connectivity index (χ0n) is 16.0. The van der Waals surface area contributed by atoms with E-state index in [0.717, 1.165) is 32.1 Å². The van der Waals surface area contributed by atoms with Gasteiger partial charge in [0.15, 0.2) is 0 Å². The van der Waals surface area contributed by atoms with Crippen LogP contribution in [0.2, 0.25) is 0 Å². The summed E-state index contributed by atoms with van der Waals surface area (Å²) in [5.74, 6) is 0.767. The van der Waals surface area contributed by atoms with Crippen LogP contribution in [0.1, 0.15) is 76.4 Å². The van der Waals surface area contributed by atoms with E-state index in [4.69, 9.17) is 4.74 Å². The van der Waals surface area contributed by atoms with Crippen molar-refractivity contribution < 1.29 is 4.74 Å². The molecular weight excluding hydrogens is 312 g/mol. The molecule has 1 aromatic heterocycles. The van der Waals surface area contributed by atoms with Crippen molar-refractivity contribution in [3.8, 4) is 0 Å². The van der Waals surface area contributed by atoms with E-state index in [1.165, 1.54) is 76.6 Å². The molecule has 5 nitrogen and oxygen atoms in total. The Bertz CT molecular complexity index is 476. The summed E-state index contributed by atoms with van der Waals surface area (Å²) in [4.78, 5) is 2.56. The molecule has 2 fully saturated rings. The van der Waals surface area contributed by atoms with Gasteiger partial charge < -0.3 is 9.64 Å². The van der Waals surface area contributed by atoms with Crippen LogP contribution in [0.5, 0.6) is 0 Å². The Balaban J connectivity index is 1.31. The SMILES string of the molecule is C[C@H](CCCN1CCCOCC1)CCc1cn(C2CCCCC2)nn1. The van der Waals surface area contributed by atoms with Crippen molar-refractivity contribution in [2.45, 2.75) is 77.2 Å². The fourth-order valence-electron chi connectivity index (χ4n) is 4.18. The highest BCUT2D eigenvalue weighted by Gasteiger charge is 2.17. The zero-order chi connectivity index (χ0) is 17.3. The molecule has 25 heavy (non-hydrogen) atoms. The van der Waals surface area contributed by atoms with E-state index in [9.17, 15) is 0 Å². The van der Waals surface area contributed by atoms with Crippen molar-refractivity contribution in [1.82, 2.24) is 19.9 Å². The molecule has 0 aromatic carbocycles. The van der Waals surface area contributed by atoms with Crippen LogP contribution in [0, 0.1) is 5.92 Å². The van der Waals surface area contributed by atoms with Gasteiger partial charge in [0.2, 0.25) is 0 Å². The molecule has 2 aliphatic rings. The number of hydrogen-bond donors (Lipinski definition) is 0. The standard InChI is InChI=1S/C20H36N4O/c1-18(7-5-12-23-13-6-15-25-16-14-23)10-11-19-17-24(22-21-19)20-8-3-2-4-9-20/h17-18,20H,2-16H2,1H3/t18-/m1/s1. The molecule has 3 rings (SSSR count). The largest absolute Gasteiger partial charge is 0.380 e. The third-order valence-corrected chi connectivity index (χ3v) is 5.89. The lowest BCUT2D eigenvalue weighted by atomic mass is 9.95. The fourth-order valence-corrected chi connectivity index (χ4v) is 4.18. The molecule has 0 N–H and O–H groups in total. The second kappa shape index (κ2) is 10.3. The summed E-state index contributed by atoms with van der Waals surface area (Å²) in [5.41, 5.74) is 1.18. The second-order valence-electron chi connectivity index (χ2n) is 8.08. The van der Waals surface area contributed by atoms with Crippen LogP contribution in [0.4, 0.5) is 0 Å². The van der Waals surface area contributed by atoms with Gasteiger partial charge in [-0.15, -0.1) is 5.10 Å². The molecule has 1 atom stereocenters. The molecule has 0 amide bonds. The van der Waals surface area contributed by atoms with E-state index < -0.39 is 0 Å². The summed E-state index contributed by atoms with van der Waals surface area (Å²) in [7, 11) is 0. The highest BCUT2D eigenvalue weighted by atomic mass is 16.5. The molecule has 1 aromatic rings. The molecule has 2 heterocycles. The summed E-state index contributed by atoms with van der Waals surface area (Å²) < 4.78 is 7.67. The molecule has 1 saturated heterocycles. The van der Waals surface area contributed by atoms with Crippen LogP contribution < -0.4 is 0 Å². The van der Waals surface area contributed by atoms with E-state index in [-0.39, 0.29) is 0 Å². The first-order valence-corrected chi connectivity index (χ1v) is 10.5. The molecule has 5 heteroatoms. The Morgan fingerprint density at radius 1 is 1.12 bits per heavy atom. The highest BCUT2D eigenvalue weighted by molar-refractivity contribution is 4.94. The van der Waals surface area contributed by atoms with Gasteiger partial charge in [-0.25, -0.2) is 4.68 Å². The Kier molecular flexibility index (Phi) is 7.74. The predicted molar refractivity (Wildman–Crippen MR) is 101 cm³/mol. The molecule has 1 saturated carbocycles. The molecule has 0 unspecified atom stereocenters. The maximum Gasteiger partial charge on any atom is 0.0827 e. The minimum absolute atomic E-state index is 0.602. The van der Waals surface area contributed by atoms with E-state index in [1.54, 1.807) is 0 Å². The average molecular weight is 349 g/mol. The van der Waals surface area contributed by atoms with Crippen LogP contribution in [0.25, 0.3) is 0 Å². The maximum absolute atomic E-state index is 5.53. The highest BCUT2D eigenvalue weighted by Crippen LogP contribution is 2.27. The van der Waals surface area contributed by atoms with E-state index in [1.807, 2.05) is 0 Å². The minimum Gasteiger partial charge on any atom is -0.380 e. The molecule has 1 aliphatic carbocycles. The lowest BCUT2D eigenvalue weighted by Crippen LogP contribution is -2.27. The monoisotopic (exact) mass is 348 g/mol. The Labute approximate surface area is 153 Å². The van der Waals surface area contributed by atoms with Crippen molar-refractivity contribution in [1.29, 1.82) is 0 Å². The molecule has 0 radical (unpaired) electrons. The quantitative estimate of drug-likeness (QED) is 0.715. The molecule has 1 aliphatic heterocycles. The van der Waals surface area contributed by atoms with Crippen molar-refractivity contribution in [2.24, 2.45) is 5.92 Å². The number of nitrogens with zero attached hydrogens (tertiary/aromatic N) is 4. The Morgan fingerprint density at radius 2 is 2.00 bits per heavy atom. The smallest absolute Gasteiger partial charge is 0.0827 e. The maximum atomic E-state index is 5.53. The van der Waals surface area contributed by atoms with Crippen LogP contribution >= 0.6 is 0 Å². The van der Waals surface area contributed by atoms with E-state index in [2.05, 4.69) is 33.0 Å². The Morgan fingerprint density at radius 3 is 2.88 bits per heavy atom. The van der Waals surface area contributed by atoms with Gasteiger partial charge in [0.25, 0.3) is 0 Å². The van der Waals surface area contributed by atoms with Crippen LogP contribution in [0.3, 0.4) is 0 Å². The van der Waals surface area contributed by atoms with Crippen LogP contribution in [0.15, 0.2) is 6.20 Å². The summed E-state index contributed by atoms with van der Waals surface area (Å²) in [6, 6.07) is 0.602. The van der Waals surface area contributed by atoms with Gasteiger partial charge in [0, 0.05) is 25.9 Å². The van der Waals surface area contributed by atoms with Gasteiger partial charge >= 0.3 is 0 Å². The molecule has 142 valence electrons. The lowest BCUT2D eigenvalue weighted by Gasteiger charge is -2.21. The Hall–Kier alpha value is -0.940. The summed E-state index contributed by atoms with van der Waals surface area (Å²) >= 11 is 0. The lowest BCUT2D eigenvalue weighted by molar-refractivity contribution is 0.141. The van der Waals surface area contributed by atoms with Crippen LogP contribution in [-0.4, -0.2) is 52.7 Å². The molecular formula is C20H36N4O. The molecule has 0 bridgehead atoms. The third kappa shape index (κ3) is 6.37. The van der Waals surface area contributed by atoms with E-state index in [0.29, 0.717) is 6.04 Å². The van der Waals surface area contributed by atoms with Gasteiger partial charge in [0.05, 0.1) is 18.3 Å². The number of aromatic nitrogens is 3. The number of ether oxygens (including phenoxy) is 1. The van der Waals surface area contributed by atoms with Gasteiger partial charge in [-0.1, -0.05) is 31.4 Å². The van der Waals surface area contributed by atoms with Gasteiger partial charge in [-0.05, 0) is 57.4 Å². The van der Waals surface area contributed by atoms with Gasteiger partial charge in [-0.2, -0.15) is 0 Å². The zero-order valence-corrected chi connectivity index (χ0v) is 16.0. The first kappa shape index (κ1) is 18.8. The minimum atomic E-state index is 0.602. The fraction of sp³-hybridized carbons (Fsp3) is 0.900. The van der Waals surface area contributed by atoms with Crippen molar-refractivity contribution in [3.63, 3.8) is 0 Å². The third-order valence-electron chi connectivity index (χ3n) is 5.89. The second-order valence-corrected chi connectivity index (χ2v) is 8.08. The van der Waals surface area contributed by atoms with Gasteiger partial charge in [0.1, 0.15) is 0 Å². The van der Waals surface area contributed by atoms with Crippen molar-refractivity contribution in [2.75, 3.05) is 32.8 Å². The summed E-state index contributed by atoms with van der Waals surface area (Å²) in [6.07, 6.45) is 15.0. The van der Waals surface area contributed by atoms with Gasteiger partial charge in [-0.3, -0.25) is 0 Å². The topological polar surface area (TPSA) is 43.2 Å². The summed E-state index contributed by atoms with van der Waals surface area (Å²) in [5, 5.41) is 8.82. The van der Waals surface area contributed by atoms with Crippen LogP contribution in [-0.2, 0) is 11.2 Å². The first-order chi connectivity index (χ1) is 12.3. The molecule has 0 spiro atoms. The average Bonchev–Trinajstić information content (AvgIpc) is 2.97. The predicted octanol–water partition coefficient (Wildman–Crippen LogP) is 3.85. The number of hydrogen-bond acceptors (Lipinski definition) is 4. The van der Waals surface area contributed by atoms with E-state index >= 15 is 0 Å². The number of aryl methyl sites for hydroxylation is 1. The number of rotatable bonds is 8. The normalized spacial score (nSPS) is 22.0. The summed E-state index contributed by atoms with van der Waals surface area (Å²) in [6.45, 7) is 7.78. The van der Waals surface area contributed by atoms with Crippen molar-refractivity contribution >= 4 is 0 Å².